The molecule has 1 fully saturated rings. The zero-order chi connectivity index (χ0) is 18.7. The molecule has 0 bridgehead atoms. The largest absolute Gasteiger partial charge is 0.456 e. The Hall–Kier alpha value is -1.95. The van der Waals surface area contributed by atoms with Gasteiger partial charge >= 0.3 is 5.97 Å². The third-order valence-electron chi connectivity index (χ3n) is 4.47. The average Bonchev–Trinajstić information content (AvgIpc) is 3.02. The molecule has 1 aromatic heterocycles. The summed E-state index contributed by atoms with van der Waals surface area (Å²) in [7, 11) is 0. The number of piperidine rings is 1. The molecular formula is C20H26N2O3S. The van der Waals surface area contributed by atoms with Crippen molar-refractivity contribution in [2.24, 2.45) is 5.41 Å². The van der Waals surface area contributed by atoms with Crippen molar-refractivity contribution < 1.29 is 14.3 Å². The first-order chi connectivity index (χ1) is 12.3. The number of aromatic nitrogens is 1. The van der Waals surface area contributed by atoms with Gasteiger partial charge < -0.3 is 9.64 Å². The van der Waals surface area contributed by atoms with Crippen LogP contribution in [0.25, 0.3) is 10.2 Å². The minimum atomic E-state index is -0.314. The number of hydrogen-bond donors (Lipinski definition) is 0. The highest BCUT2D eigenvalue weighted by Gasteiger charge is 2.27. The lowest BCUT2D eigenvalue weighted by Gasteiger charge is -2.31. The van der Waals surface area contributed by atoms with Crippen molar-refractivity contribution >= 4 is 33.4 Å². The zero-order valence-corrected chi connectivity index (χ0v) is 16.5. The molecule has 0 aliphatic carbocycles. The number of thiazole rings is 1. The predicted molar refractivity (Wildman–Crippen MR) is 103 cm³/mol. The second-order valence-electron chi connectivity index (χ2n) is 8.10. The summed E-state index contributed by atoms with van der Waals surface area (Å²) < 4.78 is 6.36. The van der Waals surface area contributed by atoms with E-state index in [-0.39, 0.29) is 29.8 Å². The average molecular weight is 375 g/mol. The second-order valence-corrected chi connectivity index (χ2v) is 9.16. The van der Waals surface area contributed by atoms with Crippen LogP contribution < -0.4 is 0 Å². The van der Waals surface area contributed by atoms with Gasteiger partial charge in [0.2, 0.25) is 0 Å². The third-order valence-corrected chi connectivity index (χ3v) is 5.66. The van der Waals surface area contributed by atoms with Gasteiger partial charge in [0.25, 0.3) is 5.91 Å². The van der Waals surface area contributed by atoms with E-state index in [4.69, 9.17) is 9.72 Å². The summed E-state index contributed by atoms with van der Waals surface area (Å²) in [5.74, 6) is -0.168. The highest BCUT2D eigenvalue weighted by Crippen LogP contribution is 2.33. The minimum absolute atomic E-state index is 0.113. The van der Waals surface area contributed by atoms with Gasteiger partial charge in [-0.1, -0.05) is 32.9 Å². The van der Waals surface area contributed by atoms with E-state index in [1.54, 1.807) is 11.3 Å². The van der Waals surface area contributed by atoms with Crippen LogP contribution in [-0.4, -0.2) is 41.5 Å². The van der Waals surface area contributed by atoms with Gasteiger partial charge in [-0.05, 0) is 30.4 Å². The third kappa shape index (κ3) is 4.81. The number of carbonyl (C=O) groups is 2. The fourth-order valence-electron chi connectivity index (χ4n) is 3.19. The van der Waals surface area contributed by atoms with E-state index in [0.717, 1.165) is 29.9 Å². The summed E-state index contributed by atoms with van der Waals surface area (Å²) in [5.41, 5.74) is 0.885. The molecule has 26 heavy (non-hydrogen) atoms. The summed E-state index contributed by atoms with van der Waals surface area (Å²) >= 11 is 1.71. The Balaban J connectivity index is 1.57. The van der Waals surface area contributed by atoms with Crippen LogP contribution in [0.15, 0.2) is 24.3 Å². The maximum atomic E-state index is 12.4. The first-order valence-corrected chi connectivity index (χ1v) is 9.92. The molecule has 0 N–H and O–H groups in total. The number of amides is 1. The van der Waals surface area contributed by atoms with Gasteiger partial charge in [0, 0.05) is 19.0 Å². The molecule has 1 saturated heterocycles. The Kier molecular flexibility index (Phi) is 5.61. The summed E-state index contributed by atoms with van der Waals surface area (Å²) in [6, 6.07) is 8.12. The van der Waals surface area contributed by atoms with E-state index in [9.17, 15) is 9.59 Å². The lowest BCUT2D eigenvalue weighted by molar-refractivity contribution is -0.154. The van der Waals surface area contributed by atoms with E-state index >= 15 is 0 Å². The number of benzene rings is 1. The molecule has 2 aromatic rings. The van der Waals surface area contributed by atoms with E-state index in [1.807, 2.05) is 43.9 Å². The van der Waals surface area contributed by atoms with Gasteiger partial charge in [-0.2, -0.15) is 0 Å². The lowest BCUT2D eigenvalue weighted by atomic mass is 9.92. The molecule has 140 valence electrons. The van der Waals surface area contributed by atoms with E-state index < -0.39 is 0 Å². The molecule has 0 radical (unpaired) electrons. The molecule has 1 aliphatic heterocycles. The van der Waals surface area contributed by atoms with Crippen LogP contribution in [0.3, 0.4) is 0 Å². The van der Waals surface area contributed by atoms with Crippen LogP contribution in [0.4, 0.5) is 0 Å². The number of likely N-dealkylation sites (tertiary alicyclic amines) is 1. The van der Waals surface area contributed by atoms with Crippen LogP contribution in [0.2, 0.25) is 0 Å². The maximum Gasteiger partial charge on any atom is 0.306 e. The first kappa shape index (κ1) is 18.8. The molecule has 0 saturated carbocycles. The Labute approximate surface area is 158 Å². The van der Waals surface area contributed by atoms with Gasteiger partial charge in [0.05, 0.1) is 21.6 Å². The van der Waals surface area contributed by atoms with Crippen molar-refractivity contribution in [2.75, 3.05) is 19.7 Å². The lowest BCUT2D eigenvalue weighted by Crippen LogP contribution is -2.41. The molecular weight excluding hydrogens is 348 g/mol. The van der Waals surface area contributed by atoms with Crippen LogP contribution in [0.1, 0.15) is 51.0 Å². The second kappa shape index (κ2) is 7.74. The monoisotopic (exact) mass is 374 g/mol. The zero-order valence-electron chi connectivity index (χ0n) is 15.7. The highest BCUT2D eigenvalue weighted by molar-refractivity contribution is 7.18. The molecule has 2 heterocycles. The number of ether oxygens (including phenoxy) is 1. The standard InChI is InChI=1S/C20H26N2O3S/c1-20(2,3)11-18(24)25-13-17(23)22-10-6-7-14(12-22)19-21-15-8-4-5-9-16(15)26-19/h4-5,8-9,14H,6-7,10-13H2,1-3H3/t14-/m1/s1. The highest BCUT2D eigenvalue weighted by atomic mass is 32.1. The Morgan fingerprint density at radius 3 is 2.81 bits per heavy atom. The van der Waals surface area contributed by atoms with Gasteiger partial charge in [0.1, 0.15) is 0 Å². The normalized spacial score (nSPS) is 18.1. The fourth-order valence-corrected chi connectivity index (χ4v) is 4.28. The van der Waals surface area contributed by atoms with Crippen LogP contribution in [-0.2, 0) is 14.3 Å². The van der Waals surface area contributed by atoms with Gasteiger partial charge in [-0.3, -0.25) is 9.59 Å². The maximum absolute atomic E-state index is 12.4. The molecule has 0 unspecified atom stereocenters. The molecule has 3 rings (SSSR count). The molecule has 5 nitrogen and oxygen atoms in total. The number of fused-ring (bicyclic) bond motifs is 1. The summed E-state index contributed by atoms with van der Waals surface area (Å²) in [4.78, 5) is 30.8. The van der Waals surface area contributed by atoms with Crippen molar-refractivity contribution in [3.8, 4) is 0 Å². The van der Waals surface area contributed by atoms with Gasteiger partial charge in [-0.25, -0.2) is 4.98 Å². The fraction of sp³-hybridized carbons (Fsp3) is 0.550. The van der Waals surface area contributed by atoms with E-state index in [2.05, 4.69) is 6.07 Å². The molecule has 1 atom stereocenters. The molecule has 6 heteroatoms. The number of para-hydroxylation sites is 1. The van der Waals surface area contributed by atoms with Gasteiger partial charge in [-0.15, -0.1) is 11.3 Å². The molecule has 1 aromatic carbocycles. The van der Waals surface area contributed by atoms with E-state index in [1.165, 1.54) is 4.70 Å². The SMILES string of the molecule is CC(C)(C)CC(=O)OCC(=O)N1CCC[C@@H](c2nc3ccccc3s2)C1. The molecule has 0 spiro atoms. The smallest absolute Gasteiger partial charge is 0.306 e. The van der Waals surface area contributed by atoms with Crippen LogP contribution in [0.5, 0.6) is 0 Å². The Morgan fingerprint density at radius 1 is 1.31 bits per heavy atom. The van der Waals surface area contributed by atoms with E-state index in [0.29, 0.717) is 13.0 Å². The molecule has 1 amide bonds. The number of rotatable bonds is 4. The van der Waals surface area contributed by atoms with Crippen molar-refractivity contribution in [3.05, 3.63) is 29.3 Å². The molecule has 1 aliphatic rings. The number of nitrogens with zero attached hydrogens (tertiary/aromatic N) is 2. The Bertz CT molecular complexity index is 761. The van der Waals surface area contributed by atoms with Crippen molar-refractivity contribution in [1.82, 2.24) is 9.88 Å². The predicted octanol–water partition coefficient (Wildman–Crippen LogP) is 3.98. The topological polar surface area (TPSA) is 59.5 Å². The summed E-state index contributed by atoms with van der Waals surface area (Å²) in [6.45, 7) is 7.13. The van der Waals surface area contributed by atoms with Crippen molar-refractivity contribution in [2.45, 2.75) is 46.0 Å². The van der Waals surface area contributed by atoms with Crippen molar-refractivity contribution in [3.63, 3.8) is 0 Å². The summed E-state index contributed by atoms with van der Waals surface area (Å²) in [6.07, 6.45) is 2.30. The minimum Gasteiger partial charge on any atom is -0.456 e. The van der Waals surface area contributed by atoms with Crippen molar-refractivity contribution in [1.29, 1.82) is 0 Å². The van der Waals surface area contributed by atoms with Crippen LogP contribution in [0, 0.1) is 5.41 Å². The quantitative estimate of drug-likeness (QED) is 0.760. The Morgan fingerprint density at radius 2 is 2.08 bits per heavy atom. The first-order valence-electron chi connectivity index (χ1n) is 9.11. The number of esters is 1. The summed E-state index contributed by atoms with van der Waals surface area (Å²) in [5, 5.41) is 1.09. The van der Waals surface area contributed by atoms with Crippen LogP contribution >= 0.6 is 11.3 Å². The number of carbonyl (C=O) groups excluding carboxylic acids is 2. The number of hydrogen-bond acceptors (Lipinski definition) is 5. The van der Waals surface area contributed by atoms with Gasteiger partial charge in [0.15, 0.2) is 6.61 Å².